The Morgan fingerprint density at radius 2 is 2.00 bits per heavy atom. The molecule has 2 heteroatoms. The van der Waals surface area contributed by atoms with Crippen molar-refractivity contribution in [3.63, 3.8) is 0 Å². The van der Waals surface area contributed by atoms with Crippen molar-refractivity contribution in [1.82, 2.24) is 0 Å². The minimum atomic E-state index is 0.313. The summed E-state index contributed by atoms with van der Waals surface area (Å²) in [6.07, 6.45) is 0. The van der Waals surface area contributed by atoms with Crippen LogP contribution in [0.1, 0.15) is 25.0 Å². The molecule has 0 aliphatic carbocycles. The molecule has 2 rings (SSSR count). The van der Waals surface area contributed by atoms with Crippen molar-refractivity contribution in [2.75, 3.05) is 11.9 Å². The molecule has 1 aliphatic rings. The van der Waals surface area contributed by atoms with Gasteiger partial charge in [0.2, 0.25) is 0 Å². The summed E-state index contributed by atoms with van der Waals surface area (Å²) in [7, 11) is 0. The maximum absolute atomic E-state index is 3.51. The fourth-order valence-electron chi connectivity index (χ4n) is 1.84. The molecule has 1 nitrogen and oxygen atoms in total. The van der Waals surface area contributed by atoms with Gasteiger partial charge in [0, 0.05) is 21.9 Å². The van der Waals surface area contributed by atoms with E-state index >= 15 is 0 Å². The van der Waals surface area contributed by atoms with Gasteiger partial charge < -0.3 is 5.32 Å². The van der Waals surface area contributed by atoms with Crippen molar-refractivity contribution in [1.29, 1.82) is 0 Å². The first kappa shape index (κ1) is 9.91. The second-order valence-corrected chi connectivity index (χ2v) is 6.39. The number of anilines is 1. The standard InChI is InChI=1S/C12H17NS/c1-8-5-9(2)11-10(6-8)13-7-12(3,4)14-11/h5-6,13H,7H2,1-4H3. The van der Waals surface area contributed by atoms with Gasteiger partial charge in [-0.3, -0.25) is 0 Å². The van der Waals surface area contributed by atoms with Gasteiger partial charge in [0.15, 0.2) is 0 Å². The first-order chi connectivity index (χ1) is 6.48. The Kier molecular flexibility index (Phi) is 2.26. The molecule has 0 unspecified atom stereocenters. The van der Waals surface area contributed by atoms with Crippen LogP contribution in [-0.2, 0) is 0 Å². The van der Waals surface area contributed by atoms with Gasteiger partial charge in [0.1, 0.15) is 0 Å². The van der Waals surface area contributed by atoms with E-state index in [-0.39, 0.29) is 0 Å². The maximum Gasteiger partial charge on any atom is 0.0484 e. The van der Waals surface area contributed by atoms with E-state index in [1.54, 1.807) is 0 Å². The molecular weight excluding hydrogens is 190 g/mol. The molecule has 0 radical (unpaired) electrons. The van der Waals surface area contributed by atoms with E-state index in [1.165, 1.54) is 21.7 Å². The molecule has 0 spiro atoms. The van der Waals surface area contributed by atoms with Gasteiger partial charge in [-0.1, -0.05) is 6.07 Å². The molecule has 1 aromatic carbocycles. The van der Waals surface area contributed by atoms with E-state index in [4.69, 9.17) is 0 Å². The van der Waals surface area contributed by atoms with E-state index in [0.717, 1.165) is 6.54 Å². The van der Waals surface area contributed by atoms with E-state index in [9.17, 15) is 0 Å². The smallest absolute Gasteiger partial charge is 0.0484 e. The molecule has 0 saturated carbocycles. The lowest BCUT2D eigenvalue weighted by Gasteiger charge is -2.32. The van der Waals surface area contributed by atoms with Crippen molar-refractivity contribution in [3.05, 3.63) is 23.3 Å². The minimum absolute atomic E-state index is 0.313. The van der Waals surface area contributed by atoms with Crippen LogP contribution in [0.3, 0.4) is 0 Å². The average molecular weight is 207 g/mol. The second kappa shape index (κ2) is 3.20. The molecule has 14 heavy (non-hydrogen) atoms. The van der Waals surface area contributed by atoms with Crippen molar-refractivity contribution in [2.45, 2.75) is 37.3 Å². The molecule has 76 valence electrons. The summed E-state index contributed by atoms with van der Waals surface area (Å²) in [4.78, 5) is 1.42. The SMILES string of the molecule is Cc1cc(C)c2c(c1)NCC(C)(C)S2. The molecule has 0 aromatic heterocycles. The summed E-state index contributed by atoms with van der Waals surface area (Å²) >= 11 is 1.99. The molecule has 0 bridgehead atoms. The lowest BCUT2D eigenvalue weighted by molar-refractivity contribution is 0.738. The number of thioether (sulfide) groups is 1. The Hall–Kier alpha value is -0.630. The Balaban J connectivity index is 2.47. The Morgan fingerprint density at radius 3 is 2.71 bits per heavy atom. The fraction of sp³-hybridized carbons (Fsp3) is 0.500. The zero-order chi connectivity index (χ0) is 10.3. The van der Waals surface area contributed by atoms with E-state index in [1.807, 2.05) is 11.8 Å². The van der Waals surface area contributed by atoms with Gasteiger partial charge >= 0.3 is 0 Å². The number of aryl methyl sites for hydroxylation is 2. The highest BCUT2D eigenvalue weighted by Crippen LogP contribution is 2.43. The van der Waals surface area contributed by atoms with Crippen LogP contribution in [0.15, 0.2) is 17.0 Å². The van der Waals surface area contributed by atoms with E-state index in [0.29, 0.717) is 4.75 Å². The number of hydrogen-bond donors (Lipinski definition) is 1. The Bertz CT molecular complexity index is 369. The quantitative estimate of drug-likeness (QED) is 0.697. The first-order valence-corrected chi connectivity index (χ1v) is 5.84. The summed E-state index contributed by atoms with van der Waals surface area (Å²) in [5.74, 6) is 0. The predicted octanol–water partition coefficient (Wildman–Crippen LogP) is 3.60. The molecular formula is C12H17NS. The number of fused-ring (bicyclic) bond motifs is 1. The normalized spacial score (nSPS) is 18.6. The summed E-state index contributed by atoms with van der Waals surface area (Å²) in [5.41, 5.74) is 4.05. The first-order valence-electron chi connectivity index (χ1n) is 5.02. The molecule has 0 amide bonds. The van der Waals surface area contributed by atoms with Crippen LogP contribution < -0.4 is 5.32 Å². The van der Waals surface area contributed by atoms with Crippen LogP contribution in [0.5, 0.6) is 0 Å². The highest BCUT2D eigenvalue weighted by Gasteiger charge is 2.26. The predicted molar refractivity (Wildman–Crippen MR) is 64.3 cm³/mol. The fourth-order valence-corrected chi connectivity index (χ4v) is 3.00. The van der Waals surface area contributed by atoms with Crippen molar-refractivity contribution < 1.29 is 0 Å². The van der Waals surface area contributed by atoms with E-state index in [2.05, 4.69) is 45.1 Å². The minimum Gasteiger partial charge on any atom is -0.383 e. The highest BCUT2D eigenvalue weighted by molar-refractivity contribution is 8.01. The highest BCUT2D eigenvalue weighted by atomic mass is 32.2. The summed E-state index contributed by atoms with van der Waals surface area (Å²) in [6.45, 7) is 9.97. The molecule has 1 heterocycles. The van der Waals surface area contributed by atoms with Crippen LogP contribution in [0.2, 0.25) is 0 Å². The largest absolute Gasteiger partial charge is 0.383 e. The van der Waals surface area contributed by atoms with Gasteiger partial charge in [-0.05, 0) is 44.9 Å². The topological polar surface area (TPSA) is 12.0 Å². The maximum atomic E-state index is 3.51. The number of benzene rings is 1. The zero-order valence-corrected chi connectivity index (χ0v) is 10.1. The molecule has 0 fully saturated rings. The van der Waals surface area contributed by atoms with Gasteiger partial charge in [0.25, 0.3) is 0 Å². The summed E-state index contributed by atoms with van der Waals surface area (Å²) < 4.78 is 0.313. The summed E-state index contributed by atoms with van der Waals surface area (Å²) in [6, 6.07) is 4.50. The van der Waals surface area contributed by atoms with Crippen LogP contribution in [0.25, 0.3) is 0 Å². The van der Waals surface area contributed by atoms with Crippen LogP contribution in [0.4, 0.5) is 5.69 Å². The molecule has 1 aliphatic heterocycles. The lowest BCUT2D eigenvalue weighted by Crippen LogP contribution is -2.30. The third kappa shape index (κ3) is 1.76. The van der Waals surface area contributed by atoms with Gasteiger partial charge in [-0.2, -0.15) is 0 Å². The lowest BCUT2D eigenvalue weighted by atomic mass is 10.1. The van der Waals surface area contributed by atoms with Crippen molar-refractivity contribution in [2.24, 2.45) is 0 Å². The van der Waals surface area contributed by atoms with Crippen molar-refractivity contribution >= 4 is 17.4 Å². The van der Waals surface area contributed by atoms with Gasteiger partial charge in [-0.25, -0.2) is 0 Å². The van der Waals surface area contributed by atoms with Crippen LogP contribution in [0, 0.1) is 13.8 Å². The Morgan fingerprint density at radius 1 is 1.29 bits per heavy atom. The molecule has 1 aromatic rings. The second-order valence-electron chi connectivity index (χ2n) is 4.67. The molecule has 0 saturated heterocycles. The Labute approximate surface area is 90.3 Å². The third-order valence-corrected chi connectivity index (χ3v) is 3.94. The molecule has 1 N–H and O–H groups in total. The van der Waals surface area contributed by atoms with E-state index < -0.39 is 0 Å². The monoisotopic (exact) mass is 207 g/mol. The number of nitrogens with one attached hydrogen (secondary N) is 1. The van der Waals surface area contributed by atoms with Crippen LogP contribution >= 0.6 is 11.8 Å². The average Bonchev–Trinajstić information content (AvgIpc) is 2.06. The molecule has 0 atom stereocenters. The van der Waals surface area contributed by atoms with Gasteiger partial charge in [0.05, 0.1) is 0 Å². The van der Waals surface area contributed by atoms with Crippen molar-refractivity contribution in [3.8, 4) is 0 Å². The van der Waals surface area contributed by atoms with Crippen LogP contribution in [-0.4, -0.2) is 11.3 Å². The number of rotatable bonds is 0. The summed E-state index contributed by atoms with van der Waals surface area (Å²) in [5, 5.41) is 3.51. The zero-order valence-electron chi connectivity index (χ0n) is 9.27. The third-order valence-electron chi connectivity index (χ3n) is 2.50. The number of hydrogen-bond acceptors (Lipinski definition) is 2. The van der Waals surface area contributed by atoms with Gasteiger partial charge in [-0.15, -0.1) is 11.8 Å².